The van der Waals surface area contributed by atoms with Gasteiger partial charge in [-0.1, -0.05) is 0 Å². The van der Waals surface area contributed by atoms with E-state index in [1.165, 1.54) is 0 Å². The zero-order valence-electron chi connectivity index (χ0n) is 14.1. The van der Waals surface area contributed by atoms with Gasteiger partial charge in [-0.3, -0.25) is 4.79 Å². The van der Waals surface area contributed by atoms with Crippen LogP contribution in [0.3, 0.4) is 0 Å². The van der Waals surface area contributed by atoms with Gasteiger partial charge in [0.05, 0.1) is 24.7 Å². The van der Waals surface area contributed by atoms with E-state index in [1.54, 1.807) is 23.4 Å². The van der Waals surface area contributed by atoms with Crippen LogP contribution in [0.4, 0.5) is 5.82 Å². The van der Waals surface area contributed by atoms with Crippen molar-refractivity contribution in [2.24, 2.45) is 0 Å². The van der Waals surface area contributed by atoms with Gasteiger partial charge >= 0.3 is 0 Å². The van der Waals surface area contributed by atoms with Crippen molar-refractivity contribution in [1.82, 2.24) is 24.4 Å². The minimum absolute atomic E-state index is 0.109. The van der Waals surface area contributed by atoms with E-state index >= 15 is 0 Å². The molecule has 2 aromatic rings. The summed E-state index contributed by atoms with van der Waals surface area (Å²) in [5.74, 6) is 1.00. The molecule has 1 atom stereocenters. The maximum Gasteiger partial charge on any atom is 0.242 e. The molecular formula is C17H22N6O2. The van der Waals surface area contributed by atoms with Crippen molar-refractivity contribution < 1.29 is 9.53 Å². The Hall–Kier alpha value is -2.48. The van der Waals surface area contributed by atoms with Crippen LogP contribution in [0.5, 0.6) is 0 Å². The minimum Gasteiger partial charge on any atom is -0.379 e. The average molecular weight is 342 g/mol. The zero-order chi connectivity index (χ0) is 17.1. The minimum atomic E-state index is 0.109. The molecule has 1 unspecified atom stereocenters. The van der Waals surface area contributed by atoms with Crippen molar-refractivity contribution in [1.29, 1.82) is 0 Å². The van der Waals surface area contributed by atoms with Gasteiger partial charge in [-0.05, 0) is 12.8 Å². The molecule has 0 aliphatic carbocycles. The Bertz CT molecular complexity index is 727. The molecule has 2 aliphatic heterocycles. The number of nitrogens with zero attached hydrogens (tertiary/aromatic N) is 5. The molecule has 25 heavy (non-hydrogen) atoms. The Kier molecular flexibility index (Phi) is 4.60. The van der Waals surface area contributed by atoms with Gasteiger partial charge < -0.3 is 19.5 Å². The van der Waals surface area contributed by atoms with E-state index in [0.717, 1.165) is 42.9 Å². The number of amides is 1. The lowest BCUT2D eigenvalue weighted by Gasteiger charge is -2.20. The molecule has 2 aromatic heterocycles. The highest BCUT2D eigenvalue weighted by Gasteiger charge is 2.23. The second-order valence-corrected chi connectivity index (χ2v) is 6.47. The molecule has 8 heteroatoms. The maximum absolute atomic E-state index is 12.5. The number of carbonyl (C=O) groups is 1. The van der Waals surface area contributed by atoms with E-state index in [-0.39, 0.29) is 5.91 Å². The predicted molar refractivity (Wildman–Crippen MR) is 91.1 cm³/mol. The Labute approximate surface area is 146 Å². The molecule has 8 nitrogen and oxygen atoms in total. The maximum atomic E-state index is 12.5. The van der Waals surface area contributed by atoms with Gasteiger partial charge in [0.25, 0.3) is 0 Å². The number of anilines is 1. The molecule has 2 aliphatic rings. The highest BCUT2D eigenvalue weighted by molar-refractivity contribution is 5.76. The van der Waals surface area contributed by atoms with Crippen LogP contribution >= 0.6 is 0 Å². The second-order valence-electron chi connectivity index (χ2n) is 6.47. The topological polar surface area (TPSA) is 85.2 Å². The van der Waals surface area contributed by atoms with Crippen molar-refractivity contribution >= 4 is 11.7 Å². The van der Waals surface area contributed by atoms with Crippen molar-refractivity contribution in [2.75, 3.05) is 31.6 Å². The summed E-state index contributed by atoms with van der Waals surface area (Å²) in [7, 11) is 0. The number of nitrogens with one attached hydrogen (secondary N) is 1. The number of fused-ring (bicyclic) bond motifs is 1. The van der Waals surface area contributed by atoms with Crippen LogP contribution in [0.15, 0.2) is 25.0 Å². The molecule has 4 heterocycles. The first-order chi connectivity index (χ1) is 12.3. The molecule has 1 saturated heterocycles. The van der Waals surface area contributed by atoms with Gasteiger partial charge in [0.15, 0.2) is 0 Å². The smallest absolute Gasteiger partial charge is 0.242 e. The first-order valence-corrected chi connectivity index (χ1v) is 8.70. The summed E-state index contributed by atoms with van der Waals surface area (Å²) < 4.78 is 7.23. The van der Waals surface area contributed by atoms with E-state index in [1.807, 2.05) is 11.1 Å². The van der Waals surface area contributed by atoms with Crippen LogP contribution in [0.1, 0.15) is 17.7 Å². The highest BCUT2D eigenvalue weighted by Crippen LogP contribution is 2.22. The van der Waals surface area contributed by atoms with E-state index in [4.69, 9.17) is 4.74 Å². The molecule has 1 N–H and O–H groups in total. The van der Waals surface area contributed by atoms with Gasteiger partial charge in [-0.2, -0.15) is 0 Å². The largest absolute Gasteiger partial charge is 0.379 e. The van der Waals surface area contributed by atoms with Gasteiger partial charge in [0.2, 0.25) is 5.91 Å². The summed E-state index contributed by atoms with van der Waals surface area (Å²) in [6.45, 7) is 3.20. The van der Waals surface area contributed by atoms with Crippen LogP contribution in [-0.4, -0.2) is 62.7 Å². The number of ether oxygens (including phenoxy) is 1. The molecule has 132 valence electrons. The SMILES string of the molecule is O=C(Cn1ccnc1)N1CCc2ncnc(NC3CCOC3)c2CC1. The normalized spacial score (nSPS) is 20.2. The van der Waals surface area contributed by atoms with Crippen molar-refractivity contribution in [2.45, 2.75) is 31.8 Å². The van der Waals surface area contributed by atoms with E-state index < -0.39 is 0 Å². The monoisotopic (exact) mass is 342 g/mol. The summed E-state index contributed by atoms with van der Waals surface area (Å²) in [6, 6.07) is 0.307. The third-order valence-electron chi connectivity index (χ3n) is 4.79. The Morgan fingerprint density at radius 3 is 3.04 bits per heavy atom. The van der Waals surface area contributed by atoms with Crippen LogP contribution in [0, 0.1) is 0 Å². The molecule has 4 rings (SSSR count). The van der Waals surface area contributed by atoms with Crippen LogP contribution < -0.4 is 5.32 Å². The number of imidazole rings is 1. The van der Waals surface area contributed by atoms with E-state index in [9.17, 15) is 4.79 Å². The number of aromatic nitrogens is 4. The quantitative estimate of drug-likeness (QED) is 0.871. The number of hydrogen-bond acceptors (Lipinski definition) is 6. The van der Waals surface area contributed by atoms with Gasteiger partial charge in [0.1, 0.15) is 18.7 Å². The summed E-state index contributed by atoms with van der Waals surface area (Å²) >= 11 is 0. The van der Waals surface area contributed by atoms with E-state index in [0.29, 0.717) is 32.3 Å². The van der Waals surface area contributed by atoms with Crippen molar-refractivity contribution in [3.63, 3.8) is 0 Å². The molecule has 0 aromatic carbocycles. The first-order valence-electron chi connectivity index (χ1n) is 8.70. The lowest BCUT2D eigenvalue weighted by atomic mass is 10.1. The summed E-state index contributed by atoms with van der Waals surface area (Å²) in [5, 5.41) is 3.49. The summed E-state index contributed by atoms with van der Waals surface area (Å²) in [6.07, 6.45) is 9.29. The van der Waals surface area contributed by atoms with E-state index in [2.05, 4.69) is 20.3 Å². The highest BCUT2D eigenvalue weighted by atomic mass is 16.5. The predicted octanol–water partition coefficient (Wildman–Crippen LogP) is 0.501. The van der Waals surface area contributed by atoms with Crippen LogP contribution in [-0.2, 0) is 28.9 Å². The Morgan fingerprint density at radius 2 is 2.24 bits per heavy atom. The number of rotatable bonds is 4. The molecular weight excluding hydrogens is 320 g/mol. The Morgan fingerprint density at radius 1 is 1.32 bits per heavy atom. The Balaban J connectivity index is 1.45. The standard InChI is InChI=1S/C17H22N6O2/c24-16(9-22-7-4-18-12-22)23-5-1-14-15(2-6-23)19-11-20-17(14)21-13-3-8-25-10-13/h4,7,11-13H,1-3,5-6,8-10H2,(H,19,20,21). The third kappa shape index (κ3) is 3.63. The zero-order valence-corrected chi connectivity index (χ0v) is 14.1. The van der Waals surface area contributed by atoms with Gasteiger partial charge in [-0.25, -0.2) is 15.0 Å². The van der Waals surface area contributed by atoms with Crippen LogP contribution in [0.2, 0.25) is 0 Å². The van der Waals surface area contributed by atoms with Crippen LogP contribution in [0.25, 0.3) is 0 Å². The summed E-state index contributed by atoms with van der Waals surface area (Å²) in [5.41, 5.74) is 2.17. The molecule has 0 radical (unpaired) electrons. The summed E-state index contributed by atoms with van der Waals surface area (Å²) in [4.78, 5) is 27.3. The molecule has 1 fully saturated rings. The van der Waals surface area contributed by atoms with Gasteiger partial charge in [0, 0.05) is 44.1 Å². The fraction of sp³-hybridized carbons (Fsp3) is 0.529. The van der Waals surface area contributed by atoms with Gasteiger partial charge in [-0.15, -0.1) is 0 Å². The molecule has 0 bridgehead atoms. The molecule has 1 amide bonds. The molecule has 0 spiro atoms. The molecule has 0 saturated carbocycles. The third-order valence-corrected chi connectivity index (χ3v) is 4.79. The second kappa shape index (κ2) is 7.18. The lowest BCUT2D eigenvalue weighted by molar-refractivity contribution is -0.131. The lowest BCUT2D eigenvalue weighted by Crippen LogP contribution is -2.35. The number of hydrogen-bond donors (Lipinski definition) is 1. The van der Waals surface area contributed by atoms with Crippen molar-refractivity contribution in [3.8, 4) is 0 Å². The van der Waals surface area contributed by atoms with Crippen molar-refractivity contribution in [3.05, 3.63) is 36.3 Å². The fourth-order valence-corrected chi connectivity index (χ4v) is 3.38. The number of carbonyl (C=O) groups excluding carboxylic acids is 1. The fourth-order valence-electron chi connectivity index (χ4n) is 3.38. The first kappa shape index (κ1) is 16.0. The average Bonchev–Trinajstić information content (AvgIpc) is 3.26.